The van der Waals surface area contributed by atoms with Crippen molar-refractivity contribution >= 4 is 11.9 Å². The highest BCUT2D eigenvalue weighted by Gasteiger charge is 2.48. The molecule has 0 radical (unpaired) electrons. The molecule has 1 aliphatic heterocycles. The van der Waals surface area contributed by atoms with E-state index in [1.807, 2.05) is 19.9 Å². The van der Waals surface area contributed by atoms with Crippen LogP contribution in [0.1, 0.15) is 25.8 Å². The topological polar surface area (TPSA) is 90.6 Å². The van der Waals surface area contributed by atoms with Crippen LogP contribution < -0.4 is 4.74 Å². The van der Waals surface area contributed by atoms with E-state index in [2.05, 4.69) is 0 Å². The Kier molecular flexibility index (Phi) is 4.89. The Morgan fingerprint density at radius 3 is 2.52 bits per heavy atom. The molecule has 6 nitrogen and oxygen atoms in total. The highest BCUT2D eigenvalue weighted by molar-refractivity contribution is 5.81. The Bertz CT molecular complexity index is 633. The molecule has 0 saturated carbocycles. The number of amides is 1. The maximum Gasteiger partial charge on any atom is 0.311 e. The van der Waals surface area contributed by atoms with Gasteiger partial charge in [0.1, 0.15) is 5.75 Å². The molecule has 0 bridgehead atoms. The summed E-state index contributed by atoms with van der Waals surface area (Å²) in [5.41, 5.74) is -0.351. The molecule has 1 unspecified atom stereocenters. The Labute approximate surface area is 135 Å². The van der Waals surface area contributed by atoms with Gasteiger partial charge in [0.15, 0.2) is 6.61 Å². The number of carboxylic acid groups (broad SMARTS) is 1. The van der Waals surface area contributed by atoms with E-state index in [-0.39, 0.29) is 25.0 Å². The number of carbonyl (C=O) groups excluding carboxylic acids is 1. The van der Waals surface area contributed by atoms with Crippen LogP contribution in [0.15, 0.2) is 24.3 Å². The monoisotopic (exact) mass is 316 g/mol. The zero-order valence-electron chi connectivity index (χ0n) is 13.3. The van der Waals surface area contributed by atoms with Gasteiger partial charge in [-0.2, -0.15) is 5.26 Å². The van der Waals surface area contributed by atoms with Crippen LogP contribution in [0.25, 0.3) is 0 Å². The van der Waals surface area contributed by atoms with Crippen molar-refractivity contribution in [2.24, 2.45) is 11.3 Å². The number of nitriles is 1. The molecule has 0 aromatic heterocycles. The Hall–Kier alpha value is -2.55. The van der Waals surface area contributed by atoms with E-state index in [4.69, 9.17) is 10.00 Å². The van der Waals surface area contributed by atoms with Crippen molar-refractivity contribution < 1.29 is 19.4 Å². The highest BCUT2D eigenvalue weighted by Crippen LogP contribution is 2.38. The van der Waals surface area contributed by atoms with Crippen LogP contribution in [0, 0.1) is 22.7 Å². The quantitative estimate of drug-likeness (QED) is 0.896. The van der Waals surface area contributed by atoms with Gasteiger partial charge in [-0.3, -0.25) is 9.59 Å². The van der Waals surface area contributed by atoms with E-state index in [1.165, 1.54) is 0 Å². The van der Waals surface area contributed by atoms with E-state index in [1.54, 1.807) is 29.2 Å². The van der Waals surface area contributed by atoms with Gasteiger partial charge in [0.05, 0.1) is 17.0 Å². The minimum atomic E-state index is -0.871. The SMILES string of the molecule is CC(C)C1(C(=O)O)CCN(C(=O)COc2ccc(C#N)cc2)C1. The van der Waals surface area contributed by atoms with Gasteiger partial charge in [-0.1, -0.05) is 13.8 Å². The third-order valence-electron chi connectivity index (χ3n) is 4.53. The second-order valence-corrected chi connectivity index (χ2v) is 6.11. The zero-order chi connectivity index (χ0) is 17.0. The standard InChI is InChI=1S/C17H20N2O4/c1-12(2)17(16(21)22)7-8-19(11-17)15(20)10-23-14-5-3-13(9-18)4-6-14/h3-6,12H,7-8,10-11H2,1-2H3,(H,21,22). The average molecular weight is 316 g/mol. The van der Waals surface area contributed by atoms with E-state index in [9.17, 15) is 14.7 Å². The summed E-state index contributed by atoms with van der Waals surface area (Å²) in [6.07, 6.45) is 0.461. The molecule has 1 aromatic rings. The highest BCUT2D eigenvalue weighted by atomic mass is 16.5. The lowest BCUT2D eigenvalue weighted by molar-refractivity contribution is -0.151. The van der Waals surface area contributed by atoms with Crippen LogP contribution in [0.3, 0.4) is 0 Å². The number of rotatable bonds is 5. The molecule has 1 aliphatic rings. The molecule has 1 saturated heterocycles. The van der Waals surface area contributed by atoms with Crippen LogP contribution in [0.5, 0.6) is 5.75 Å². The largest absolute Gasteiger partial charge is 0.484 e. The summed E-state index contributed by atoms with van der Waals surface area (Å²) in [7, 11) is 0. The number of carboxylic acids is 1. The molecular weight excluding hydrogens is 296 g/mol. The fraction of sp³-hybridized carbons (Fsp3) is 0.471. The number of hydrogen-bond donors (Lipinski definition) is 1. The zero-order valence-corrected chi connectivity index (χ0v) is 13.3. The van der Waals surface area contributed by atoms with Crippen LogP contribution in [0.2, 0.25) is 0 Å². The van der Waals surface area contributed by atoms with Crippen LogP contribution in [0.4, 0.5) is 0 Å². The van der Waals surface area contributed by atoms with Gasteiger partial charge in [-0.05, 0) is 36.6 Å². The first-order valence-electron chi connectivity index (χ1n) is 7.53. The number of benzene rings is 1. The van der Waals surface area contributed by atoms with Crippen molar-refractivity contribution in [3.05, 3.63) is 29.8 Å². The summed E-state index contributed by atoms with van der Waals surface area (Å²) in [6.45, 7) is 4.25. The predicted octanol–water partition coefficient (Wildman–Crippen LogP) is 1.90. The van der Waals surface area contributed by atoms with E-state index >= 15 is 0 Å². The number of likely N-dealkylation sites (tertiary alicyclic amines) is 1. The molecule has 1 heterocycles. The number of carbonyl (C=O) groups is 2. The van der Waals surface area contributed by atoms with Gasteiger partial charge < -0.3 is 14.7 Å². The van der Waals surface area contributed by atoms with Crippen molar-refractivity contribution in [3.8, 4) is 11.8 Å². The summed E-state index contributed by atoms with van der Waals surface area (Å²) < 4.78 is 5.42. The van der Waals surface area contributed by atoms with Gasteiger partial charge in [0, 0.05) is 13.1 Å². The summed E-state index contributed by atoms with van der Waals surface area (Å²) in [5.74, 6) is -0.615. The van der Waals surface area contributed by atoms with Crippen molar-refractivity contribution in [2.75, 3.05) is 19.7 Å². The van der Waals surface area contributed by atoms with E-state index in [0.29, 0.717) is 24.3 Å². The van der Waals surface area contributed by atoms with Crippen LogP contribution in [-0.4, -0.2) is 41.6 Å². The second kappa shape index (κ2) is 6.69. The summed E-state index contributed by atoms with van der Waals surface area (Å²) in [5, 5.41) is 18.2. The number of nitrogens with zero attached hydrogens (tertiary/aromatic N) is 2. The van der Waals surface area contributed by atoms with Crippen molar-refractivity contribution in [2.45, 2.75) is 20.3 Å². The molecule has 6 heteroatoms. The van der Waals surface area contributed by atoms with E-state index in [0.717, 1.165) is 0 Å². The first-order chi connectivity index (χ1) is 10.9. The Morgan fingerprint density at radius 1 is 1.39 bits per heavy atom. The molecular formula is C17H20N2O4. The van der Waals surface area contributed by atoms with Crippen molar-refractivity contribution in [1.82, 2.24) is 4.90 Å². The van der Waals surface area contributed by atoms with Crippen molar-refractivity contribution in [1.29, 1.82) is 5.26 Å². The van der Waals surface area contributed by atoms with Gasteiger partial charge in [0.2, 0.25) is 0 Å². The normalized spacial score (nSPS) is 20.3. The smallest absolute Gasteiger partial charge is 0.311 e. The molecule has 1 N–H and O–H groups in total. The minimum Gasteiger partial charge on any atom is -0.484 e. The summed E-state index contributed by atoms with van der Waals surface area (Å²) in [6, 6.07) is 8.50. The fourth-order valence-electron chi connectivity index (χ4n) is 2.80. The number of hydrogen-bond acceptors (Lipinski definition) is 4. The minimum absolute atomic E-state index is 0.0442. The molecule has 122 valence electrons. The third-order valence-corrected chi connectivity index (χ3v) is 4.53. The summed E-state index contributed by atoms with van der Waals surface area (Å²) >= 11 is 0. The molecule has 1 aromatic carbocycles. The molecule has 1 atom stereocenters. The lowest BCUT2D eigenvalue weighted by Gasteiger charge is -2.28. The molecule has 1 amide bonds. The number of aliphatic carboxylic acids is 1. The van der Waals surface area contributed by atoms with Gasteiger partial charge >= 0.3 is 5.97 Å². The lowest BCUT2D eigenvalue weighted by atomic mass is 9.76. The lowest BCUT2D eigenvalue weighted by Crippen LogP contribution is -2.41. The third kappa shape index (κ3) is 3.45. The molecule has 0 spiro atoms. The van der Waals surface area contributed by atoms with Gasteiger partial charge in [0.25, 0.3) is 5.91 Å². The predicted molar refractivity (Wildman–Crippen MR) is 82.8 cm³/mol. The molecule has 2 rings (SSSR count). The van der Waals surface area contributed by atoms with Gasteiger partial charge in [-0.25, -0.2) is 0 Å². The van der Waals surface area contributed by atoms with Crippen LogP contribution >= 0.6 is 0 Å². The maximum absolute atomic E-state index is 12.2. The average Bonchev–Trinajstić information content (AvgIpc) is 3.00. The Balaban J connectivity index is 1.94. The summed E-state index contributed by atoms with van der Waals surface area (Å²) in [4.78, 5) is 25.4. The van der Waals surface area contributed by atoms with Gasteiger partial charge in [-0.15, -0.1) is 0 Å². The first-order valence-corrected chi connectivity index (χ1v) is 7.53. The molecule has 0 aliphatic carbocycles. The molecule has 23 heavy (non-hydrogen) atoms. The van der Waals surface area contributed by atoms with Crippen molar-refractivity contribution in [3.63, 3.8) is 0 Å². The maximum atomic E-state index is 12.2. The first kappa shape index (κ1) is 16.8. The fourth-order valence-corrected chi connectivity index (χ4v) is 2.80. The van der Waals surface area contributed by atoms with Crippen LogP contribution in [-0.2, 0) is 9.59 Å². The Morgan fingerprint density at radius 2 is 2.04 bits per heavy atom. The van der Waals surface area contributed by atoms with E-state index < -0.39 is 11.4 Å². The molecule has 1 fully saturated rings. The second-order valence-electron chi connectivity index (χ2n) is 6.11. The number of ether oxygens (including phenoxy) is 1.